The highest BCUT2D eigenvalue weighted by atomic mass is 35.5. The second-order valence-electron chi connectivity index (χ2n) is 5.24. The molecule has 1 atom stereocenters. The van der Waals surface area contributed by atoms with Crippen molar-refractivity contribution in [2.24, 2.45) is 0 Å². The summed E-state index contributed by atoms with van der Waals surface area (Å²) in [5.74, 6) is -0.419. The predicted octanol–water partition coefficient (Wildman–Crippen LogP) is 4.39. The number of hydrogen-bond donors (Lipinski definition) is 3. The van der Waals surface area contributed by atoms with Crippen molar-refractivity contribution in [1.82, 2.24) is 0 Å². The van der Waals surface area contributed by atoms with E-state index in [1.807, 2.05) is 6.07 Å². The van der Waals surface area contributed by atoms with Gasteiger partial charge in [-0.1, -0.05) is 29.3 Å². The van der Waals surface area contributed by atoms with Crippen molar-refractivity contribution in [3.63, 3.8) is 0 Å². The van der Waals surface area contributed by atoms with Gasteiger partial charge in [0, 0.05) is 23.3 Å². The summed E-state index contributed by atoms with van der Waals surface area (Å²) in [4.78, 5) is 23.4. The van der Waals surface area contributed by atoms with Gasteiger partial charge in [0.25, 0.3) is 0 Å². The minimum absolute atomic E-state index is 0.159. The number of rotatable bonds is 5. The molecule has 0 aliphatic heterocycles. The second kappa shape index (κ2) is 8.04. The Morgan fingerprint density at radius 3 is 2.42 bits per heavy atom. The van der Waals surface area contributed by atoms with Crippen LogP contribution in [0.2, 0.25) is 10.0 Å². The number of anilines is 3. The fourth-order valence-corrected chi connectivity index (χ4v) is 2.38. The van der Waals surface area contributed by atoms with E-state index in [0.717, 1.165) is 0 Å². The molecule has 3 N–H and O–H groups in total. The Kier molecular flexibility index (Phi) is 6.06. The fraction of sp³-hybridized carbons (Fsp3) is 0.176. The number of carbonyl (C=O) groups excluding carboxylic acids is 2. The first-order chi connectivity index (χ1) is 11.3. The van der Waals surface area contributed by atoms with E-state index in [-0.39, 0.29) is 11.8 Å². The average Bonchev–Trinajstić information content (AvgIpc) is 2.50. The first-order valence-electron chi connectivity index (χ1n) is 7.25. The third kappa shape index (κ3) is 5.15. The standard InChI is InChI=1S/C17H17Cl2N3O2/c1-10(17(24)22-16-8-12(18)6-7-15(16)19)20-13-4-3-5-14(9-13)21-11(2)23/h3-10,20H,1-2H3,(H,21,23)(H,22,24)/t10-/m0/s1. The largest absolute Gasteiger partial charge is 0.374 e. The number of benzene rings is 2. The Balaban J connectivity index is 2.03. The maximum Gasteiger partial charge on any atom is 0.246 e. The van der Waals surface area contributed by atoms with Crippen molar-refractivity contribution >= 4 is 52.1 Å². The third-order valence-electron chi connectivity index (χ3n) is 3.15. The van der Waals surface area contributed by atoms with E-state index in [1.54, 1.807) is 43.3 Å². The van der Waals surface area contributed by atoms with E-state index < -0.39 is 6.04 Å². The molecule has 0 saturated heterocycles. The van der Waals surface area contributed by atoms with Crippen molar-refractivity contribution in [2.45, 2.75) is 19.9 Å². The molecule has 0 radical (unpaired) electrons. The first kappa shape index (κ1) is 18.1. The monoisotopic (exact) mass is 365 g/mol. The van der Waals surface area contributed by atoms with Gasteiger partial charge in [0.1, 0.15) is 6.04 Å². The normalized spacial score (nSPS) is 11.5. The van der Waals surface area contributed by atoms with Gasteiger partial charge in [-0.2, -0.15) is 0 Å². The summed E-state index contributed by atoms with van der Waals surface area (Å²) in [6.45, 7) is 3.16. The van der Waals surface area contributed by atoms with Crippen LogP contribution in [0.15, 0.2) is 42.5 Å². The molecule has 0 bridgehead atoms. The molecule has 0 fully saturated rings. The summed E-state index contributed by atoms with van der Waals surface area (Å²) in [6.07, 6.45) is 0. The molecule has 2 amide bonds. The van der Waals surface area contributed by atoms with E-state index in [2.05, 4.69) is 16.0 Å². The highest BCUT2D eigenvalue weighted by Gasteiger charge is 2.14. The van der Waals surface area contributed by atoms with Gasteiger partial charge in [-0.15, -0.1) is 0 Å². The molecule has 2 aromatic carbocycles. The molecule has 0 heterocycles. The molecular weight excluding hydrogens is 349 g/mol. The number of halogens is 2. The van der Waals surface area contributed by atoms with E-state index in [1.165, 1.54) is 6.92 Å². The summed E-state index contributed by atoms with van der Waals surface area (Å²) in [6, 6.07) is 11.4. The van der Waals surface area contributed by atoms with Crippen LogP contribution in [-0.4, -0.2) is 17.9 Å². The summed E-state index contributed by atoms with van der Waals surface area (Å²) in [5, 5.41) is 9.38. The Labute approximate surface area is 150 Å². The van der Waals surface area contributed by atoms with Crippen LogP contribution in [0.1, 0.15) is 13.8 Å². The zero-order valence-electron chi connectivity index (χ0n) is 13.2. The van der Waals surface area contributed by atoms with Crippen LogP contribution in [0.5, 0.6) is 0 Å². The van der Waals surface area contributed by atoms with Gasteiger partial charge in [-0.05, 0) is 43.3 Å². The lowest BCUT2D eigenvalue weighted by Crippen LogP contribution is -2.32. The maximum atomic E-state index is 12.3. The molecule has 5 nitrogen and oxygen atoms in total. The van der Waals surface area contributed by atoms with Crippen LogP contribution >= 0.6 is 23.2 Å². The van der Waals surface area contributed by atoms with Crippen molar-refractivity contribution in [3.8, 4) is 0 Å². The van der Waals surface area contributed by atoms with Gasteiger partial charge in [0.15, 0.2) is 0 Å². The molecule has 0 saturated carbocycles. The van der Waals surface area contributed by atoms with E-state index >= 15 is 0 Å². The topological polar surface area (TPSA) is 70.2 Å². The zero-order valence-corrected chi connectivity index (χ0v) is 14.7. The van der Waals surface area contributed by atoms with Crippen LogP contribution in [0.3, 0.4) is 0 Å². The quantitative estimate of drug-likeness (QED) is 0.735. The predicted molar refractivity (Wildman–Crippen MR) is 98.9 cm³/mol. The highest BCUT2D eigenvalue weighted by Crippen LogP contribution is 2.25. The molecule has 0 spiro atoms. The lowest BCUT2D eigenvalue weighted by atomic mass is 10.2. The van der Waals surface area contributed by atoms with Crippen molar-refractivity contribution in [2.75, 3.05) is 16.0 Å². The Morgan fingerprint density at radius 1 is 1.00 bits per heavy atom. The van der Waals surface area contributed by atoms with Crippen LogP contribution in [0.25, 0.3) is 0 Å². The zero-order chi connectivity index (χ0) is 17.7. The van der Waals surface area contributed by atoms with Gasteiger partial charge < -0.3 is 16.0 Å². The minimum atomic E-state index is -0.521. The van der Waals surface area contributed by atoms with Crippen LogP contribution in [0, 0.1) is 0 Å². The van der Waals surface area contributed by atoms with Gasteiger partial charge in [0.2, 0.25) is 11.8 Å². The number of hydrogen-bond acceptors (Lipinski definition) is 3. The number of carbonyl (C=O) groups is 2. The SMILES string of the molecule is CC(=O)Nc1cccc(N[C@@H](C)C(=O)Nc2cc(Cl)ccc2Cl)c1. The molecule has 7 heteroatoms. The summed E-state index contributed by atoms with van der Waals surface area (Å²) in [7, 11) is 0. The molecule has 0 aromatic heterocycles. The molecule has 2 rings (SSSR count). The molecular formula is C17H17Cl2N3O2. The van der Waals surface area contributed by atoms with Gasteiger partial charge in [-0.3, -0.25) is 9.59 Å². The van der Waals surface area contributed by atoms with Crippen LogP contribution in [0.4, 0.5) is 17.1 Å². The summed E-state index contributed by atoms with van der Waals surface area (Å²) in [5.41, 5.74) is 1.81. The molecule has 126 valence electrons. The van der Waals surface area contributed by atoms with Crippen LogP contribution in [-0.2, 0) is 9.59 Å². The second-order valence-corrected chi connectivity index (χ2v) is 6.09. The van der Waals surface area contributed by atoms with Crippen molar-refractivity contribution in [1.29, 1.82) is 0 Å². The Bertz CT molecular complexity index is 765. The molecule has 2 aromatic rings. The number of nitrogens with one attached hydrogen (secondary N) is 3. The van der Waals surface area contributed by atoms with E-state index in [0.29, 0.717) is 27.1 Å². The van der Waals surface area contributed by atoms with Gasteiger partial charge in [0.05, 0.1) is 10.7 Å². The summed E-state index contributed by atoms with van der Waals surface area (Å²) >= 11 is 11.9. The smallest absolute Gasteiger partial charge is 0.246 e. The molecule has 0 aliphatic rings. The fourth-order valence-electron chi connectivity index (χ4n) is 2.04. The number of amides is 2. The molecule has 0 unspecified atom stereocenters. The van der Waals surface area contributed by atoms with Crippen molar-refractivity contribution < 1.29 is 9.59 Å². The lowest BCUT2D eigenvalue weighted by Gasteiger charge is -2.16. The van der Waals surface area contributed by atoms with Crippen molar-refractivity contribution in [3.05, 3.63) is 52.5 Å². The maximum absolute atomic E-state index is 12.3. The lowest BCUT2D eigenvalue weighted by molar-refractivity contribution is -0.116. The Morgan fingerprint density at radius 2 is 1.71 bits per heavy atom. The van der Waals surface area contributed by atoms with Gasteiger partial charge >= 0.3 is 0 Å². The van der Waals surface area contributed by atoms with Gasteiger partial charge in [-0.25, -0.2) is 0 Å². The Hall–Kier alpha value is -2.24. The third-order valence-corrected chi connectivity index (χ3v) is 3.71. The first-order valence-corrected chi connectivity index (χ1v) is 8.01. The van der Waals surface area contributed by atoms with Crippen LogP contribution < -0.4 is 16.0 Å². The molecule has 24 heavy (non-hydrogen) atoms. The highest BCUT2D eigenvalue weighted by molar-refractivity contribution is 6.35. The van der Waals surface area contributed by atoms with E-state index in [4.69, 9.17) is 23.2 Å². The van der Waals surface area contributed by atoms with E-state index in [9.17, 15) is 9.59 Å². The average molecular weight is 366 g/mol. The minimum Gasteiger partial charge on any atom is -0.374 e. The summed E-state index contributed by atoms with van der Waals surface area (Å²) < 4.78 is 0. The molecule has 0 aliphatic carbocycles.